The van der Waals surface area contributed by atoms with E-state index in [4.69, 9.17) is 9.47 Å². The molecule has 0 aromatic heterocycles. The van der Waals surface area contributed by atoms with Crippen LogP contribution in [0.5, 0.6) is 17.2 Å². The predicted molar refractivity (Wildman–Crippen MR) is 55.1 cm³/mol. The first-order valence-electron chi connectivity index (χ1n) is 4.69. The highest BCUT2D eigenvalue weighted by Crippen LogP contribution is 2.43. The molecule has 86 valence electrons. The van der Waals surface area contributed by atoms with Gasteiger partial charge in [-0.3, -0.25) is 5.32 Å². The van der Waals surface area contributed by atoms with E-state index >= 15 is 0 Å². The van der Waals surface area contributed by atoms with Crippen molar-refractivity contribution in [3.05, 3.63) is 12.1 Å². The SMILES string of the molecule is COC(=O)Nc1ccc(O)c2c1OCCO2. The lowest BCUT2D eigenvalue weighted by Gasteiger charge is -2.21. The van der Waals surface area contributed by atoms with Crippen molar-refractivity contribution in [2.75, 3.05) is 25.6 Å². The predicted octanol–water partition coefficient (Wildman–Crippen LogP) is 1.34. The van der Waals surface area contributed by atoms with E-state index < -0.39 is 6.09 Å². The van der Waals surface area contributed by atoms with Crippen LogP contribution in [0.15, 0.2) is 12.1 Å². The van der Waals surface area contributed by atoms with E-state index in [1.54, 1.807) is 0 Å². The fourth-order valence-corrected chi connectivity index (χ4v) is 1.38. The molecule has 6 nitrogen and oxygen atoms in total. The normalized spacial score (nSPS) is 13.1. The van der Waals surface area contributed by atoms with E-state index in [0.29, 0.717) is 24.7 Å². The smallest absolute Gasteiger partial charge is 0.411 e. The number of benzene rings is 1. The third kappa shape index (κ3) is 1.81. The number of hydrogen-bond acceptors (Lipinski definition) is 5. The van der Waals surface area contributed by atoms with Gasteiger partial charge in [0.15, 0.2) is 11.5 Å². The molecular formula is C10H11NO5. The summed E-state index contributed by atoms with van der Waals surface area (Å²) in [5.74, 6) is 0.530. The van der Waals surface area contributed by atoms with E-state index in [9.17, 15) is 9.90 Å². The number of anilines is 1. The molecular weight excluding hydrogens is 214 g/mol. The van der Waals surface area contributed by atoms with Crippen molar-refractivity contribution in [1.29, 1.82) is 0 Å². The second-order valence-electron chi connectivity index (χ2n) is 3.10. The highest BCUT2D eigenvalue weighted by Gasteiger charge is 2.21. The number of phenolic OH excluding ortho intramolecular Hbond substituents is 1. The quantitative estimate of drug-likeness (QED) is 0.705. The summed E-state index contributed by atoms with van der Waals surface area (Å²) in [5, 5.41) is 12.0. The number of phenols is 1. The van der Waals surface area contributed by atoms with Crippen LogP contribution in [-0.4, -0.2) is 31.5 Å². The molecule has 0 saturated heterocycles. The molecule has 6 heteroatoms. The first kappa shape index (κ1) is 10.4. The van der Waals surface area contributed by atoms with Crippen LogP contribution in [0, 0.1) is 0 Å². The zero-order valence-corrected chi connectivity index (χ0v) is 8.65. The lowest BCUT2D eigenvalue weighted by molar-refractivity contribution is 0.166. The lowest BCUT2D eigenvalue weighted by atomic mass is 10.2. The van der Waals surface area contributed by atoms with Crippen molar-refractivity contribution < 1.29 is 24.1 Å². The molecule has 0 atom stereocenters. The molecule has 1 aromatic rings. The average Bonchev–Trinajstić information content (AvgIpc) is 2.33. The summed E-state index contributed by atoms with van der Waals surface area (Å²) in [5.41, 5.74) is 0.402. The summed E-state index contributed by atoms with van der Waals surface area (Å²) >= 11 is 0. The van der Waals surface area contributed by atoms with Gasteiger partial charge in [0.05, 0.1) is 12.8 Å². The number of aromatic hydroxyl groups is 1. The first-order chi connectivity index (χ1) is 7.72. The van der Waals surface area contributed by atoms with Crippen LogP contribution in [0.25, 0.3) is 0 Å². The van der Waals surface area contributed by atoms with Crippen LogP contribution >= 0.6 is 0 Å². The summed E-state index contributed by atoms with van der Waals surface area (Å²) in [7, 11) is 1.26. The van der Waals surface area contributed by atoms with Gasteiger partial charge in [-0.1, -0.05) is 0 Å². The minimum Gasteiger partial charge on any atom is -0.504 e. The van der Waals surface area contributed by atoms with Crippen LogP contribution < -0.4 is 14.8 Å². The Balaban J connectivity index is 2.35. The van der Waals surface area contributed by atoms with Gasteiger partial charge in [0.25, 0.3) is 0 Å². The third-order valence-corrected chi connectivity index (χ3v) is 2.09. The van der Waals surface area contributed by atoms with E-state index in [2.05, 4.69) is 10.1 Å². The minimum atomic E-state index is -0.609. The topological polar surface area (TPSA) is 77.0 Å². The average molecular weight is 225 g/mol. The molecule has 1 heterocycles. The number of carbonyl (C=O) groups excluding carboxylic acids is 1. The van der Waals surface area contributed by atoms with Gasteiger partial charge in [0.2, 0.25) is 5.75 Å². The molecule has 1 amide bonds. The number of nitrogens with one attached hydrogen (secondary N) is 1. The summed E-state index contributed by atoms with van der Waals surface area (Å²) in [6.07, 6.45) is -0.609. The van der Waals surface area contributed by atoms with Crippen molar-refractivity contribution >= 4 is 11.8 Å². The molecule has 0 aliphatic carbocycles. The van der Waals surface area contributed by atoms with Crippen LogP contribution in [0.3, 0.4) is 0 Å². The second-order valence-corrected chi connectivity index (χ2v) is 3.10. The molecule has 2 N–H and O–H groups in total. The Bertz CT molecular complexity index is 418. The van der Waals surface area contributed by atoms with Gasteiger partial charge in [0, 0.05) is 0 Å². The fourth-order valence-electron chi connectivity index (χ4n) is 1.38. The maximum atomic E-state index is 11.1. The van der Waals surface area contributed by atoms with Gasteiger partial charge in [0.1, 0.15) is 13.2 Å². The molecule has 2 rings (SSSR count). The van der Waals surface area contributed by atoms with Crippen molar-refractivity contribution in [2.24, 2.45) is 0 Å². The molecule has 0 saturated carbocycles. The summed E-state index contributed by atoms with van der Waals surface area (Å²) in [6, 6.07) is 2.93. The van der Waals surface area contributed by atoms with Gasteiger partial charge >= 0.3 is 6.09 Å². The zero-order chi connectivity index (χ0) is 11.5. The number of rotatable bonds is 1. The summed E-state index contributed by atoms with van der Waals surface area (Å²) < 4.78 is 15.0. The van der Waals surface area contributed by atoms with Gasteiger partial charge in [-0.05, 0) is 12.1 Å². The Morgan fingerprint density at radius 1 is 1.38 bits per heavy atom. The van der Waals surface area contributed by atoms with E-state index in [1.807, 2.05) is 0 Å². The molecule has 0 bridgehead atoms. The summed E-state index contributed by atoms with van der Waals surface area (Å²) in [4.78, 5) is 11.1. The zero-order valence-electron chi connectivity index (χ0n) is 8.65. The molecule has 0 fully saturated rings. The van der Waals surface area contributed by atoms with E-state index in [0.717, 1.165) is 0 Å². The third-order valence-electron chi connectivity index (χ3n) is 2.09. The Morgan fingerprint density at radius 2 is 2.06 bits per heavy atom. The minimum absolute atomic E-state index is 0.0230. The van der Waals surface area contributed by atoms with Crippen LogP contribution in [0.2, 0.25) is 0 Å². The van der Waals surface area contributed by atoms with Gasteiger partial charge < -0.3 is 19.3 Å². The fraction of sp³-hybridized carbons (Fsp3) is 0.300. The Kier molecular flexibility index (Phi) is 2.72. The van der Waals surface area contributed by atoms with Crippen molar-refractivity contribution in [1.82, 2.24) is 0 Å². The number of fused-ring (bicyclic) bond motifs is 1. The molecule has 1 aliphatic heterocycles. The summed E-state index contributed by atoms with van der Waals surface area (Å²) in [6.45, 7) is 0.731. The monoisotopic (exact) mass is 225 g/mol. The lowest BCUT2D eigenvalue weighted by Crippen LogP contribution is -2.18. The number of methoxy groups -OCH3 is 1. The largest absolute Gasteiger partial charge is 0.504 e. The Morgan fingerprint density at radius 3 is 2.75 bits per heavy atom. The van der Waals surface area contributed by atoms with Gasteiger partial charge in [-0.25, -0.2) is 4.79 Å². The number of hydrogen-bond donors (Lipinski definition) is 2. The maximum absolute atomic E-state index is 11.1. The van der Waals surface area contributed by atoms with Gasteiger partial charge in [-0.15, -0.1) is 0 Å². The van der Waals surface area contributed by atoms with E-state index in [-0.39, 0.29) is 11.5 Å². The van der Waals surface area contributed by atoms with Crippen LogP contribution in [0.1, 0.15) is 0 Å². The molecule has 1 aromatic carbocycles. The van der Waals surface area contributed by atoms with Crippen LogP contribution in [0.4, 0.5) is 10.5 Å². The second kappa shape index (κ2) is 4.18. The standard InChI is InChI=1S/C10H11NO5/c1-14-10(13)11-6-2-3-7(12)9-8(6)15-4-5-16-9/h2-3,12H,4-5H2,1H3,(H,11,13). The molecule has 16 heavy (non-hydrogen) atoms. The maximum Gasteiger partial charge on any atom is 0.411 e. The number of amides is 1. The molecule has 0 unspecified atom stereocenters. The highest BCUT2D eigenvalue weighted by molar-refractivity contribution is 5.88. The molecule has 0 spiro atoms. The number of carbonyl (C=O) groups is 1. The van der Waals surface area contributed by atoms with E-state index in [1.165, 1.54) is 19.2 Å². The van der Waals surface area contributed by atoms with Crippen molar-refractivity contribution in [3.8, 4) is 17.2 Å². The van der Waals surface area contributed by atoms with Crippen molar-refractivity contribution in [2.45, 2.75) is 0 Å². The number of ether oxygens (including phenoxy) is 3. The van der Waals surface area contributed by atoms with Crippen molar-refractivity contribution in [3.63, 3.8) is 0 Å². The van der Waals surface area contributed by atoms with Crippen LogP contribution in [-0.2, 0) is 4.74 Å². The first-order valence-corrected chi connectivity index (χ1v) is 4.69. The van der Waals surface area contributed by atoms with Gasteiger partial charge in [-0.2, -0.15) is 0 Å². The highest BCUT2D eigenvalue weighted by atomic mass is 16.6. The molecule has 1 aliphatic rings. The Hall–Kier alpha value is -2.11. The molecule has 0 radical (unpaired) electrons. The Labute approximate surface area is 91.7 Å².